The Bertz CT molecular complexity index is 521. The van der Waals surface area contributed by atoms with E-state index in [4.69, 9.17) is 11.6 Å². The largest absolute Gasteiger partial charge is 0.266 e. The zero-order valence-electron chi connectivity index (χ0n) is 7.78. The van der Waals surface area contributed by atoms with Crippen LogP contribution in [0.1, 0.15) is 24.5 Å². The fourth-order valence-electron chi connectivity index (χ4n) is 1.71. The van der Waals surface area contributed by atoms with Gasteiger partial charge in [0.1, 0.15) is 0 Å². The first-order valence-electron chi connectivity index (χ1n) is 4.76. The lowest BCUT2D eigenvalue weighted by Gasteiger charge is -2.02. The van der Waals surface area contributed by atoms with Crippen molar-refractivity contribution >= 4 is 53.0 Å². The Morgan fingerprint density at radius 1 is 1.53 bits per heavy atom. The van der Waals surface area contributed by atoms with E-state index in [1.165, 1.54) is 12.8 Å². The molecular weight excluding hydrogens is 343 g/mol. The maximum atomic E-state index is 6.24. The number of nitrogens with zero attached hydrogens (tertiary/aromatic N) is 2. The van der Waals surface area contributed by atoms with Gasteiger partial charge in [-0.2, -0.15) is 0 Å². The van der Waals surface area contributed by atoms with Crippen molar-refractivity contribution in [2.45, 2.75) is 18.8 Å². The zero-order valence-corrected chi connectivity index (χ0v) is 11.5. The molecule has 2 nitrogen and oxygen atoms in total. The summed E-state index contributed by atoms with van der Waals surface area (Å²) in [6, 6.07) is 4.04. The van der Waals surface area contributed by atoms with Crippen LogP contribution in [0, 0.1) is 0 Å². The molecule has 0 aromatic carbocycles. The zero-order chi connectivity index (χ0) is 10.4. The summed E-state index contributed by atoms with van der Waals surface area (Å²) in [5.41, 5.74) is 2.14. The van der Waals surface area contributed by atoms with Crippen LogP contribution in [0.2, 0.25) is 5.02 Å². The van der Waals surface area contributed by atoms with Crippen molar-refractivity contribution < 1.29 is 0 Å². The average Bonchev–Trinajstić information content (AvgIpc) is 2.99. The summed E-state index contributed by atoms with van der Waals surface area (Å²) < 4.78 is 2.05. The van der Waals surface area contributed by atoms with E-state index >= 15 is 0 Å². The van der Waals surface area contributed by atoms with E-state index < -0.39 is 0 Å². The van der Waals surface area contributed by atoms with Crippen LogP contribution < -0.4 is 0 Å². The van der Waals surface area contributed by atoms with Gasteiger partial charge in [-0.3, -0.25) is 3.97 Å². The topological polar surface area (TPSA) is 17.8 Å². The molecule has 1 aliphatic carbocycles. The number of pyridine rings is 1. The second kappa shape index (κ2) is 3.82. The molecule has 0 unspecified atom stereocenters. The van der Waals surface area contributed by atoms with Crippen molar-refractivity contribution in [2.75, 3.05) is 0 Å². The van der Waals surface area contributed by atoms with Gasteiger partial charge < -0.3 is 0 Å². The maximum absolute atomic E-state index is 6.24. The Kier molecular flexibility index (Phi) is 2.60. The summed E-state index contributed by atoms with van der Waals surface area (Å²) in [6.07, 6.45) is 4.52. The lowest BCUT2D eigenvalue weighted by atomic mass is 10.2. The molecule has 2 aromatic heterocycles. The van der Waals surface area contributed by atoms with E-state index in [1.54, 1.807) is 9.12 Å². The van der Waals surface area contributed by atoms with E-state index in [0.717, 1.165) is 21.7 Å². The molecular formula is C10H8ClIN2S. The third kappa shape index (κ3) is 1.76. The van der Waals surface area contributed by atoms with Gasteiger partial charge in [0.25, 0.3) is 0 Å². The highest BCUT2D eigenvalue weighted by atomic mass is 127. The summed E-state index contributed by atoms with van der Waals surface area (Å²) in [7, 11) is 1.62. The van der Waals surface area contributed by atoms with Gasteiger partial charge >= 0.3 is 0 Å². The fraction of sp³-hybridized carbons (Fsp3) is 0.300. The SMILES string of the molecule is Clc1cc(C2CC2)nc2c1ccn2SI. The quantitative estimate of drug-likeness (QED) is 0.747. The van der Waals surface area contributed by atoms with Crippen LogP contribution in [0.15, 0.2) is 18.3 Å². The van der Waals surface area contributed by atoms with Gasteiger partial charge in [0.2, 0.25) is 0 Å². The van der Waals surface area contributed by atoms with Gasteiger partial charge in [0.15, 0.2) is 5.65 Å². The number of hydrogen-bond acceptors (Lipinski definition) is 2. The number of hydrogen-bond donors (Lipinski definition) is 0. The van der Waals surface area contributed by atoms with Gasteiger partial charge in [-0.25, -0.2) is 4.98 Å². The first-order valence-corrected chi connectivity index (χ1v) is 8.45. The minimum absolute atomic E-state index is 0.648. The number of fused-ring (bicyclic) bond motifs is 1. The van der Waals surface area contributed by atoms with E-state index in [1.807, 2.05) is 22.3 Å². The van der Waals surface area contributed by atoms with E-state index in [-0.39, 0.29) is 0 Å². The lowest BCUT2D eigenvalue weighted by Crippen LogP contribution is -1.90. The molecule has 0 saturated heterocycles. The van der Waals surface area contributed by atoms with Gasteiger partial charge in [-0.15, -0.1) is 0 Å². The van der Waals surface area contributed by atoms with Crippen LogP contribution in [0.25, 0.3) is 11.0 Å². The van der Waals surface area contributed by atoms with Crippen molar-refractivity contribution in [1.82, 2.24) is 8.96 Å². The summed E-state index contributed by atoms with van der Waals surface area (Å²) >= 11 is 8.49. The first kappa shape index (κ1) is 10.2. The van der Waals surface area contributed by atoms with Crippen LogP contribution in [0.3, 0.4) is 0 Å². The molecule has 15 heavy (non-hydrogen) atoms. The molecule has 0 atom stereocenters. The number of halogens is 2. The minimum atomic E-state index is 0.648. The third-order valence-electron chi connectivity index (χ3n) is 2.66. The second-order valence-corrected chi connectivity index (χ2v) is 5.87. The van der Waals surface area contributed by atoms with Crippen LogP contribution in [0.4, 0.5) is 0 Å². The Morgan fingerprint density at radius 2 is 2.33 bits per heavy atom. The molecule has 0 radical (unpaired) electrons. The van der Waals surface area contributed by atoms with Crippen molar-refractivity contribution in [1.29, 1.82) is 0 Å². The summed E-state index contributed by atoms with van der Waals surface area (Å²) in [5, 5.41) is 1.87. The summed E-state index contributed by atoms with van der Waals surface area (Å²) in [4.78, 5) is 4.68. The normalized spacial score (nSPS) is 16.1. The van der Waals surface area contributed by atoms with Gasteiger partial charge in [-0.1, -0.05) is 11.6 Å². The van der Waals surface area contributed by atoms with Gasteiger partial charge in [0, 0.05) is 53.5 Å². The van der Waals surface area contributed by atoms with Crippen LogP contribution in [-0.4, -0.2) is 8.96 Å². The van der Waals surface area contributed by atoms with Crippen molar-refractivity contribution in [3.05, 3.63) is 29.0 Å². The molecule has 1 fully saturated rings. The molecule has 2 aromatic rings. The second-order valence-electron chi connectivity index (χ2n) is 3.75. The molecule has 3 rings (SSSR count). The molecule has 2 heterocycles. The highest BCUT2D eigenvalue weighted by molar-refractivity contribution is 14.2. The molecule has 0 amide bonds. The number of rotatable bonds is 2. The highest BCUT2D eigenvalue weighted by Gasteiger charge is 2.26. The Balaban J connectivity index is 2.25. The first-order chi connectivity index (χ1) is 7.29. The fourth-order valence-corrected chi connectivity index (χ4v) is 3.23. The van der Waals surface area contributed by atoms with Crippen LogP contribution >= 0.6 is 41.9 Å². The average molecular weight is 351 g/mol. The third-order valence-corrected chi connectivity index (χ3v) is 4.69. The Morgan fingerprint density at radius 3 is 3.00 bits per heavy atom. The number of aromatic nitrogens is 2. The lowest BCUT2D eigenvalue weighted by molar-refractivity contribution is 1.03. The highest BCUT2D eigenvalue weighted by Crippen LogP contribution is 2.41. The van der Waals surface area contributed by atoms with Crippen molar-refractivity contribution in [3.8, 4) is 0 Å². The molecule has 0 aliphatic heterocycles. The van der Waals surface area contributed by atoms with Crippen LogP contribution in [0.5, 0.6) is 0 Å². The van der Waals surface area contributed by atoms with Crippen molar-refractivity contribution in [2.24, 2.45) is 0 Å². The molecule has 1 aliphatic rings. The molecule has 0 N–H and O–H groups in total. The molecule has 0 spiro atoms. The summed E-state index contributed by atoms with van der Waals surface area (Å²) in [5.74, 6) is 0.648. The van der Waals surface area contributed by atoms with Gasteiger partial charge in [-0.05, 0) is 25.0 Å². The Labute approximate surface area is 109 Å². The molecule has 78 valence electrons. The van der Waals surface area contributed by atoms with Crippen molar-refractivity contribution in [3.63, 3.8) is 0 Å². The van der Waals surface area contributed by atoms with E-state index in [9.17, 15) is 0 Å². The summed E-state index contributed by atoms with van der Waals surface area (Å²) in [6.45, 7) is 0. The Hall–Kier alpha value is 0.0600. The predicted molar refractivity (Wildman–Crippen MR) is 73.7 cm³/mol. The predicted octanol–water partition coefficient (Wildman–Crippen LogP) is 4.41. The van der Waals surface area contributed by atoms with Gasteiger partial charge in [0.05, 0.1) is 5.02 Å². The maximum Gasteiger partial charge on any atom is 0.152 e. The van der Waals surface area contributed by atoms with E-state index in [0.29, 0.717) is 5.92 Å². The van der Waals surface area contributed by atoms with Crippen LogP contribution in [-0.2, 0) is 0 Å². The van der Waals surface area contributed by atoms with E-state index in [2.05, 4.69) is 26.2 Å². The standard InChI is InChI=1S/C10H8ClIN2S/c11-8-5-9(6-1-2-6)13-10-7(8)3-4-14(10)15-12/h3-6H,1-2H2. The monoisotopic (exact) mass is 350 g/mol. The minimum Gasteiger partial charge on any atom is -0.266 e. The smallest absolute Gasteiger partial charge is 0.152 e. The molecule has 1 saturated carbocycles. The molecule has 5 heteroatoms. The molecule has 0 bridgehead atoms.